The zero-order chi connectivity index (χ0) is 4.83. The molecule has 0 aliphatic rings. The molecule has 0 bridgehead atoms. The molecule has 0 N–H and O–H groups in total. The zero-order valence-electron chi connectivity index (χ0n) is 4.08. The quantitative estimate of drug-likeness (QED) is 0.302. The number of hydrogen-bond donors (Lipinski definition) is 0. The summed E-state index contributed by atoms with van der Waals surface area (Å²) in [5.41, 5.74) is 0. The average molecular weight is 120 g/mol. The SMILES string of the molecule is CC[CH2][Al][CH2]Cl. The summed E-state index contributed by atoms with van der Waals surface area (Å²) in [6.07, 6.45) is 1.31. The van der Waals surface area contributed by atoms with Gasteiger partial charge in [-0.05, 0) is 4.74 Å². The topological polar surface area (TPSA) is 0 Å². The molecule has 0 saturated heterocycles. The molecule has 0 aromatic carbocycles. The molecule has 0 fully saturated rings. The minimum atomic E-state index is 0.584. The first-order chi connectivity index (χ1) is 2.91. The summed E-state index contributed by atoms with van der Waals surface area (Å²) < 4.78 is 0.911. The maximum Gasteiger partial charge on any atom is 0.224 e. The van der Waals surface area contributed by atoms with Crippen LogP contribution in [-0.2, 0) is 0 Å². The first-order valence-electron chi connectivity index (χ1n) is 2.29. The van der Waals surface area contributed by atoms with Crippen LogP contribution >= 0.6 is 11.6 Å². The maximum atomic E-state index is 5.42. The van der Waals surface area contributed by atoms with Crippen molar-refractivity contribution >= 4 is 26.8 Å². The standard InChI is InChI=1S/C3H7.CH2Cl.Al/c1-3-2;1-2;/h1,3H2,2H3;1H2;. The summed E-state index contributed by atoms with van der Waals surface area (Å²) in [4.78, 5) is 0. The lowest BCUT2D eigenvalue weighted by atomic mass is 10.6. The lowest BCUT2D eigenvalue weighted by Crippen LogP contribution is -1.87. The molecule has 0 spiro atoms. The third kappa shape index (κ3) is 4.82. The summed E-state index contributed by atoms with van der Waals surface area (Å²) in [5.74, 6) is 0. The van der Waals surface area contributed by atoms with Crippen molar-refractivity contribution in [1.29, 1.82) is 0 Å². The van der Waals surface area contributed by atoms with Crippen molar-refractivity contribution in [3.05, 3.63) is 0 Å². The molecule has 0 amide bonds. The predicted molar refractivity (Wildman–Crippen MR) is 31.6 cm³/mol. The Morgan fingerprint density at radius 2 is 2.33 bits per heavy atom. The van der Waals surface area contributed by atoms with E-state index < -0.39 is 0 Å². The van der Waals surface area contributed by atoms with Crippen LogP contribution in [0.5, 0.6) is 0 Å². The van der Waals surface area contributed by atoms with Crippen LogP contribution in [0, 0.1) is 0 Å². The monoisotopic (exact) mass is 119 g/mol. The van der Waals surface area contributed by atoms with Crippen molar-refractivity contribution in [2.45, 2.75) is 18.6 Å². The van der Waals surface area contributed by atoms with Gasteiger partial charge in [-0.15, -0.1) is 16.9 Å². The molecule has 0 aliphatic carbocycles. The molecule has 1 radical (unpaired) electrons. The fourth-order valence-electron chi connectivity index (χ4n) is 0.281. The number of alkyl halides is 1. The highest BCUT2D eigenvalue weighted by Gasteiger charge is 1.82. The third-order valence-corrected chi connectivity index (χ3v) is 2.46. The second-order valence-electron chi connectivity index (χ2n) is 1.23. The van der Waals surface area contributed by atoms with Gasteiger partial charge in [0.1, 0.15) is 0 Å². The van der Waals surface area contributed by atoms with Crippen molar-refractivity contribution in [3.8, 4) is 0 Å². The van der Waals surface area contributed by atoms with Gasteiger partial charge in [0.25, 0.3) is 0 Å². The second kappa shape index (κ2) is 5.82. The third-order valence-electron chi connectivity index (χ3n) is 0.602. The molecule has 0 unspecified atom stereocenters. The van der Waals surface area contributed by atoms with Gasteiger partial charge in [0.05, 0.1) is 0 Å². The minimum absolute atomic E-state index is 0.584. The number of halogens is 1. The normalized spacial score (nSPS) is 8.33. The molecule has 0 rings (SSSR count). The van der Waals surface area contributed by atoms with Crippen LogP contribution in [0.15, 0.2) is 0 Å². The predicted octanol–water partition coefficient (Wildman–Crippen LogP) is 1.72. The molecule has 0 heterocycles. The molecule has 2 heteroatoms. The van der Waals surface area contributed by atoms with E-state index in [2.05, 4.69) is 6.92 Å². The smallest absolute Gasteiger partial charge is 0.144 e. The van der Waals surface area contributed by atoms with Gasteiger partial charge in [-0.3, -0.25) is 0 Å². The summed E-state index contributed by atoms with van der Waals surface area (Å²) in [5, 5.41) is 1.36. The maximum absolute atomic E-state index is 5.42. The molecular formula is C4H9AlCl. The van der Waals surface area contributed by atoms with E-state index in [0.717, 1.165) is 4.74 Å². The molecule has 0 nitrogen and oxygen atoms in total. The molecule has 0 saturated carbocycles. The molecular weight excluding hydrogens is 110 g/mol. The van der Waals surface area contributed by atoms with Gasteiger partial charge in [-0.1, -0.05) is 13.3 Å². The Morgan fingerprint density at radius 3 is 2.50 bits per heavy atom. The van der Waals surface area contributed by atoms with E-state index >= 15 is 0 Å². The van der Waals surface area contributed by atoms with Crippen LogP contribution in [0.1, 0.15) is 13.3 Å². The van der Waals surface area contributed by atoms with Crippen LogP contribution in [0.4, 0.5) is 0 Å². The fourth-order valence-corrected chi connectivity index (χ4v) is 1.31. The molecule has 6 heavy (non-hydrogen) atoms. The fraction of sp³-hybridized carbons (Fsp3) is 1.00. The van der Waals surface area contributed by atoms with E-state index in [9.17, 15) is 0 Å². The van der Waals surface area contributed by atoms with Crippen molar-refractivity contribution in [2.75, 3.05) is 4.74 Å². The average Bonchev–Trinajstić information content (AvgIpc) is 1.61. The first-order valence-corrected chi connectivity index (χ1v) is 4.46. The van der Waals surface area contributed by atoms with Gasteiger partial charge in [0, 0.05) is 0 Å². The van der Waals surface area contributed by atoms with Gasteiger partial charge in [0.15, 0.2) is 0 Å². The van der Waals surface area contributed by atoms with Crippen molar-refractivity contribution < 1.29 is 0 Å². The Hall–Kier alpha value is 0.822. The van der Waals surface area contributed by atoms with Crippen molar-refractivity contribution in [1.82, 2.24) is 0 Å². The second-order valence-corrected chi connectivity index (χ2v) is 3.62. The summed E-state index contributed by atoms with van der Waals surface area (Å²) in [6, 6.07) is 0. The van der Waals surface area contributed by atoms with E-state index in [-0.39, 0.29) is 0 Å². The Bertz CT molecular complexity index is 19.5. The van der Waals surface area contributed by atoms with E-state index in [4.69, 9.17) is 11.6 Å². The summed E-state index contributed by atoms with van der Waals surface area (Å²) >= 11 is 6.00. The Morgan fingerprint density at radius 1 is 1.67 bits per heavy atom. The van der Waals surface area contributed by atoms with Crippen molar-refractivity contribution in [2.24, 2.45) is 0 Å². The summed E-state index contributed by atoms with van der Waals surface area (Å²) in [6.45, 7) is 2.19. The van der Waals surface area contributed by atoms with Crippen molar-refractivity contribution in [3.63, 3.8) is 0 Å². The highest BCUT2D eigenvalue weighted by molar-refractivity contribution is 6.50. The van der Waals surface area contributed by atoms with Gasteiger partial charge < -0.3 is 0 Å². The largest absolute Gasteiger partial charge is 0.224 e. The van der Waals surface area contributed by atoms with Gasteiger partial charge >= 0.3 is 0 Å². The van der Waals surface area contributed by atoms with E-state index in [1.54, 1.807) is 0 Å². The Kier molecular flexibility index (Phi) is 6.62. The van der Waals surface area contributed by atoms with Gasteiger partial charge in [-0.2, -0.15) is 0 Å². The van der Waals surface area contributed by atoms with E-state index in [1.807, 2.05) is 0 Å². The number of rotatable bonds is 3. The summed E-state index contributed by atoms with van der Waals surface area (Å²) in [7, 11) is 0. The number of hydrogen-bond acceptors (Lipinski definition) is 0. The van der Waals surface area contributed by atoms with Crippen LogP contribution in [-0.4, -0.2) is 20.0 Å². The minimum Gasteiger partial charge on any atom is -0.144 e. The van der Waals surface area contributed by atoms with Gasteiger partial charge in [-0.25, -0.2) is 0 Å². The molecule has 0 aromatic heterocycles. The molecule has 35 valence electrons. The zero-order valence-corrected chi connectivity index (χ0v) is 5.99. The van der Waals surface area contributed by atoms with E-state index in [0.29, 0.717) is 15.2 Å². The van der Waals surface area contributed by atoms with Gasteiger partial charge in [0.2, 0.25) is 15.2 Å². The lowest BCUT2D eigenvalue weighted by Gasteiger charge is -1.81. The highest BCUT2D eigenvalue weighted by Crippen LogP contribution is 1.85. The molecule has 0 aliphatic heterocycles. The lowest BCUT2D eigenvalue weighted by molar-refractivity contribution is 1.07. The van der Waals surface area contributed by atoms with Crippen LogP contribution in [0.25, 0.3) is 0 Å². The van der Waals surface area contributed by atoms with Crippen LogP contribution in [0.3, 0.4) is 0 Å². The first kappa shape index (κ1) is 6.82. The highest BCUT2D eigenvalue weighted by atomic mass is 35.5. The van der Waals surface area contributed by atoms with E-state index in [1.165, 1.54) is 11.7 Å². The Labute approximate surface area is 50.6 Å². The molecule has 0 aromatic rings. The van der Waals surface area contributed by atoms with Crippen LogP contribution < -0.4 is 0 Å². The Balaban J connectivity index is 2.34. The van der Waals surface area contributed by atoms with Crippen LogP contribution in [0.2, 0.25) is 5.28 Å². The molecule has 0 atom stereocenters.